The Morgan fingerprint density at radius 1 is 1.47 bits per heavy atom. The maximum Gasteiger partial charge on any atom is 0.268 e. The topological polar surface area (TPSA) is 56.9 Å². The number of nitrogens with one attached hydrogen (secondary N) is 3. The molecule has 0 radical (unpaired) electrons. The van der Waals surface area contributed by atoms with Crippen molar-refractivity contribution in [3.63, 3.8) is 0 Å². The molecule has 0 aliphatic carbocycles. The summed E-state index contributed by atoms with van der Waals surface area (Å²) in [6.07, 6.45) is 2.20. The first-order valence-electron chi connectivity index (χ1n) is 5.84. The van der Waals surface area contributed by atoms with Gasteiger partial charge in [-0.1, -0.05) is 0 Å². The molecule has 1 aromatic heterocycles. The quantitative estimate of drug-likeness (QED) is 0.753. The van der Waals surface area contributed by atoms with Gasteiger partial charge in [0.15, 0.2) is 0 Å². The van der Waals surface area contributed by atoms with Gasteiger partial charge in [-0.05, 0) is 44.9 Å². The van der Waals surface area contributed by atoms with Gasteiger partial charge in [-0.3, -0.25) is 4.79 Å². The van der Waals surface area contributed by atoms with Gasteiger partial charge in [-0.25, -0.2) is 0 Å². The monoisotopic (exact) mass is 257 g/mol. The normalized spacial score (nSPS) is 19.5. The minimum Gasteiger partial charge on any atom is -0.354 e. The van der Waals surface area contributed by atoms with E-state index < -0.39 is 0 Å². The maximum atomic E-state index is 12.0. The molecule has 1 aromatic rings. The molecule has 17 heavy (non-hydrogen) atoms. The number of carbonyl (C=O) groups is 1. The van der Waals surface area contributed by atoms with Gasteiger partial charge in [0, 0.05) is 18.3 Å². The largest absolute Gasteiger partial charge is 0.354 e. The lowest BCUT2D eigenvalue weighted by molar-refractivity contribution is 0.0925. The summed E-state index contributed by atoms with van der Waals surface area (Å²) in [6.45, 7) is 5.86. The molecule has 0 saturated carbocycles. The first kappa shape index (κ1) is 14.1. The number of aromatic nitrogens is 1. The van der Waals surface area contributed by atoms with E-state index in [1.807, 2.05) is 19.9 Å². The fourth-order valence-corrected chi connectivity index (χ4v) is 2.20. The van der Waals surface area contributed by atoms with Gasteiger partial charge < -0.3 is 15.6 Å². The van der Waals surface area contributed by atoms with E-state index in [-0.39, 0.29) is 24.4 Å². The summed E-state index contributed by atoms with van der Waals surface area (Å²) in [7, 11) is 0. The lowest BCUT2D eigenvalue weighted by atomic mass is 10.1. The van der Waals surface area contributed by atoms with Crippen LogP contribution in [-0.2, 0) is 0 Å². The molecular formula is C12H20ClN3O. The Bertz CT molecular complexity index is 383. The molecule has 0 aromatic carbocycles. The Kier molecular flexibility index (Phi) is 5.02. The van der Waals surface area contributed by atoms with Crippen LogP contribution in [0.15, 0.2) is 6.07 Å². The zero-order valence-corrected chi connectivity index (χ0v) is 11.1. The van der Waals surface area contributed by atoms with Crippen LogP contribution in [0.4, 0.5) is 0 Å². The number of rotatable bonds is 2. The number of amides is 1. The van der Waals surface area contributed by atoms with Crippen molar-refractivity contribution in [2.24, 2.45) is 0 Å². The van der Waals surface area contributed by atoms with Crippen molar-refractivity contribution in [3.05, 3.63) is 23.0 Å². The summed E-state index contributed by atoms with van der Waals surface area (Å²) in [6, 6.07) is 2.26. The van der Waals surface area contributed by atoms with E-state index >= 15 is 0 Å². The number of aryl methyl sites for hydroxylation is 2. The number of H-pyrrole nitrogens is 1. The van der Waals surface area contributed by atoms with E-state index in [0.29, 0.717) is 5.69 Å². The fourth-order valence-electron chi connectivity index (χ4n) is 2.20. The van der Waals surface area contributed by atoms with Crippen LogP contribution in [0.25, 0.3) is 0 Å². The predicted molar refractivity (Wildman–Crippen MR) is 70.9 cm³/mol. The third-order valence-corrected chi connectivity index (χ3v) is 3.01. The zero-order chi connectivity index (χ0) is 11.5. The Hall–Kier alpha value is -1.00. The van der Waals surface area contributed by atoms with E-state index in [2.05, 4.69) is 15.6 Å². The third-order valence-electron chi connectivity index (χ3n) is 3.01. The highest BCUT2D eigenvalue weighted by molar-refractivity contribution is 5.94. The number of aromatic amines is 1. The summed E-state index contributed by atoms with van der Waals surface area (Å²) >= 11 is 0. The molecule has 1 amide bonds. The van der Waals surface area contributed by atoms with Gasteiger partial charge in [0.05, 0.1) is 0 Å². The van der Waals surface area contributed by atoms with Gasteiger partial charge in [-0.15, -0.1) is 12.4 Å². The summed E-state index contributed by atoms with van der Waals surface area (Å²) in [5, 5.41) is 6.34. The van der Waals surface area contributed by atoms with Crippen molar-refractivity contribution in [2.75, 3.05) is 13.1 Å². The molecule has 2 rings (SSSR count). The lowest BCUT2D eigenvalue weighted by Gasteiger charge is -2.23. The second kappa shape index (κ2) is 6.07. The van der Waals surface area contributed by atoms with Crippen molar-refractivity contribution in [1.29, 1.82) is 0 Å². The number of hydrogen-bond donors (Lipinski definition) is 3. The molecule has 3 N–H and O–H groups in total. The maximum absolute atomic E-state index is 12.0. The fraction of sp³-hybridized carbons (Fsp3) is 0.583. The van der Waals surface area contributed by atoms with Crippen molar-refractivity contribution < 1.29 is 4.79 Å². The summed E-state index contributed by atoms with van der Waals surface area (Å²) in [5.41, 5.74) is 2.74. The summed E-state index contributed by atoms with van der Waals surface area (Å²) < 4.78 is 0. The van der Waals surface area contributed by atoms with E-state index in [9.17, 15) is 4.79 Å². The molecule has 1 saturated heterocycles. The van der Waals surface area contributed by atoms with E-state index in [1.165, 1.54) is 0 Å². The predicted octanol–water partition coefficient (Wildman–Crippen LogP) is 1.54. The number of carbonyl (C=O) groups excluding carboxylic acids is 1. The van der Waals surface area contributed by atoms with Gasteiger partial charge >= 0.3 is 0 Å². The summed E-state index contributed by atoms with van der Waals surface area (Å²) in [5.74, 6) is 0.0132. The third kappa shape index (κ3) is 3.48. The molecule has 0 bridgehead atoms. The van der Waals surface area contributed by atoms with Crippen molar-refractivity contribution in [1.82, 2.24) is 15.6 Å². The SMILES string of the molecule is Cc1cc(C)c(C(=O)N[C@H]2CCCNC2)[nH]1.Cl. The molecule has 1 aliphatic rings. The van der Waals surface area contributed by atoms with E-state index in [1.54, 1.807) is 0 Å². The van der Waals surface area contributed by atoms with Crippen molar-refractivity contribution in [2.45, 2.75) is 32.7 Å². The molecule has 1 atom stereocenters. The standard InChI is InChI=1S/C12H19N3O.ClH/c1-8-6-9(2)14-11(8)12(16)15-10-4-3-5-13-7-10;/h6,10,13-14H,3-5,7H2,1-2H3,(H,15,16);1H/t10-;/m0./s1. The molecule has 4 nitrogen and oxygen atoms in total. The Labute approximate surface area is 108 Å². The highest BCUT2D eigenvalue weighted by Gasteiger charge is 2.18. The minimum atomic E-state index is 0. The van der Waals surface area contributed by atoms with Crippen molar-refractivity contribution in [3.8, 4) is 0 Å². The van der Waals surface area contributed by atoms with Gasteiger partial charge in [0.2, 0.25) is 0 Å². The zero-order valence-electron chi connectivity index (χ0n) is 10.3. The van der Waals surface area contributed by atoms with Gasteiger partial charge in [0.1, 0.15) is 5.69 Å². The minimum absolute atomic E-state index is 0. The van der Waals surface area contributed by atoms with Crippen LogP contribution < -0.4 is 10.6 Å². The van der Waals surface area contributed by atoms with Crippen LogP contribution in [0.1, 0.15) is 34.6 Å². The molecule has 5 heteroatoms. The van der Waals surface area contributed by atoms with E-state index in [4.69, 9.17) is 0 Å². The first-order valence-corrected chi connectivity index (χ1v) is 5.84. The van der Waals surface area contributed by atoms with Crippen LogP contribution in [0.2, 0.25) is 0 Å². The lowest BCUT2D eigenvalue weighted by Crippen LogP contribution is -2.45. The second-order valence-corrected chi connectivity index (χ2v) is 4.53. The van der Waals surface area contributed by atoms with Crippen LogP contribution in [0.3, 0.4) is 0 Å². The average molecular weight is 258 g/mol. The molecule has 96 valence electrons. The smallest absolute Gasteiger partial charge is 0.268 e. The molecule has 1 fully saturated rings. The molecule has 1 aliphatic heterocycles. The number of halogens is 1. The summed E-state index contributed by atoms with van der Waals surface area (Å²) in [4.78, 5) is 15.1. The van der Waals surface area contributed by atoms with Crippen LogP contribution in [-0.4, -0.2) is 30.0 Å². The van der Waals surface area contributed by atoms with Gasteiger partial charge in [0.25, 0.3) is 5.91 Å². The van der Waals surface area contributed by atoms with E-state index in [0.717, 1.165) is 37.2 Å². The molecule has 2 heterocycles. The van der Waals surface area contributed by atoms with Crippen LogP contribution >= 0.6 is 12.4 Å². The number of hydrogen-bond acceptors (Lipinski definition) is 2. The van der Waals surface area contributed by atoms with Gasteiger partial charge in [-0.2, -0.15) is 0 Å². The Morgan fingerprint density at radius 3 is 2.76 bits per heavy atom. The van der Waals surface area contributed by atoms with Crippen LogP contribution in [0.5, 0.6) is 0 Å². The number of piperidine rings is 1. The Balaban J connectivity index is 0.00000144. The molecule has 0 spiro atoms. The van der Waals surface area contributed by atoms with Crippen LogP contribution in [0, 0.1) is 13.8 Å². The molecular weight excluding hydrogens is 238 g/mol. The second-order valence-electron chi connectivity index (χ2n) is 4.53. The first-order chi connectivity index (χ1) is 7.66. The average Bonchev–Trinajstić information content (AvgIpc) is 2.59. The van der Waals surface area contributed by atoms with Crippen molar-refractivity contribution >= 4 is 18.3 Å². The highest BCUT2D eigenvalue weighted by Crippen LogP contribution is 2.10. The highest BCUT2D eigenvalue weighted by atomic mass is 35.5. The Morgan fingerprint density at radius 2 is 2.24 bits per heavy atom. The molecule has 0 unspecified atom stereocenters.